The topological polar surface area (TPSA) is 36.3 Å². The molecule has 4 nitrogen and oxygen atoms in total. The van der Waals surface area contributed by atoms with Gasteiger partial charge in [-0.25, -0.2) is 4.98 Å². The van der Waals surface area contributed by atoms with Crippen LogP contribution in [-0.2, 0) is 11.2 Å². The number of aromatic nitrogens is 2. The van der Waals surface area contributed by atoms with Crippen LogP contribution in [0.3, 0.4) is 0 Å². The van der Waals surface area contributed by atoms with Crippen molar-refractivity contribution < 1.29 is 9.47 Å². The number of nitrogens with zero attached hydrogens (tertiary/aromatic N) is 2. The van der Waals surface area contributed by atoms with Crippen LogP contribution in [0.4, 0.5) is 0 Å². The average Bonchev–Trinajstić information content (AvgIpc) is 3.11. The summed E-state index contributed by atoms with van der Waals surface area (Å²) in [5.41, 5.74) is 4.26. The van der Waals surface area contributed by atoms with E-state index in [1.165, 1.54) is 5.56 Å². The molecule has 4 aromatic rings. The van der Waals surface area contributed by atoms with E-state index in [-0.39, 0.29) is 6.79 Å². The minimum atomic E-state index is 0.226. The van der Waals surface area contributed by atoms with E-state index in [1.54, 1.807) is 18.9 Å². The van der Waals surface area contributed by atoms with Crippen molar-refractivity contribution in [1.82, 2.24) is 9.55 Å². The molecule has 0 radical (unpaired) electrons. The molecule has 0 bridgehead atoms. The number of hydrogen-bond acceptors (Lipinski definition) is 4. The van der Waals surface area contributed by atoms with Gasteiger partial charge in [0.25, 0.3) is 0 Å². The third-order valence-electron chi connectivity index (χ3n) is 4.49. The van der Waals surface area contributed by atoms with E-state index in [0.717, 1.165) is 39.8 Å². The van der Waals surface area contributed by atoms with Crippen molar-refractivity contribution in [3.05, 3.63) is 83.4 Å². The van der Waals surface area contributed by atoms with Crippen LogP contribution in [0, 0.1) is 0 Å². The van der Waals surface area contributed by atoms with Gasteiger partial charge < -0.3 is 9.47 Å². The van der Waals surface area contributed by atoms with E-state index in [0.29, 0.717) is 5.02 Å². The summed E-state index contributed by atoms with van der Waals surface area (Å²) in [6.07, 6.45) is 0.985. The van der Waals surface area contributed by atoms with Crippen LogP contribution in [0.15, 0.2) is 78.0 Å². The Kier molecular flexibility index (Phi) is 6.39. The molecule has 0 spiro atoms. The maximum Gasteiger partial charge on any atom is 0.188 e. The highest BCUT2D eigenvalue weighted by atomic mass is 35.5. The largest absolute Gasteiger partial charge is 0.468 e. The predicted molar refractivity (Wildman–Crippen MR) is 119 cm³/mol. The summed E-state index contributed by atoms with van der Waals surface area (Å²) < 4.78 is 12.6. The second kappa shape index (κ2) is 9.35. The number of hydrogen-bond donors (Lipinski definition) is 0. The Hall–Kier alpha value is -2.47. The van der Waals surface area contributed by atoms with Crippen LogP contribution >= 0.6 is 23.4 Å². The average molecular weight is 425 g/mol. The maximum atomic E-state index is 6.27. The van der Waals surface area contributed by atoms with Gasteiger partial charge in [-0.2, -0.15) is 0 Å². The lowest BCUT2D eigenvalue weighted by Crippen LogP contribution is -2.00. The summed E-state index contributed by atoms with van der Waals surface area (Å²) in [6.45, 7) is 0.226. The molecule has 0 aliphatic rings. The standard InChI is InChI=1S/C23H21ClN2O2S/c1-27-16-28-20-10-8-19(9-11-20)26-22-15-18(24)7-12-21(22)25-23(26)29-14-13-17-5-3-2-4-6-17/h2-12,15H,13-14,16H2,1H3. The number of fused-ring (bicyclic) bond motifs is 1. The summed E-state index contributed by atoms with van der Waals surface area (Å²) in [5.74, 6) is 1.70. The molecule has 3 aromatic carbocycles. The van der Waals surface area contributed by atoms with Crippen molar-refractivity contribution in [2.45, 2.75) is 11.6 Å². The smallest absolute Gasteiger partial charge is 0.188 e. The first-order chi connectivity index (χ1) is 14.2. The zero-order valence-electron chi connectivity index (χ0n) is 16.0. The molecular formula is C23H21ClN2O2S. The number of aryl methyl sites for hydroxylation is 1. The van der Waals surface area contributed by atoms with Gasteiger partial charge in [-0.05, 0) is 54.4 Å². The number of halogens is 1. The molecule has 0 atom stereocenters. The fourth-order valence-corrected chi connectivity index (χ4v) is 4.28. The lowest BCUT2D eigenvalue weighted by Gasteiger charge is -2.11. The highest BCUT2D eigenvalue weighted by molar-refractivity contribution is 7.99. The van der Waals surface area contributed by atoms with E-state index in [4.69, 9.17) is 26.1 Å². The summed E-state index contributed by atoms with van der Waals surface area (Å²) in [6, 6.07) is 24.2. The molecule has 0 saturated heterocycles. The molecule has 0 amide bonds. The zero-order valence-corrected chi connectivity index (χ0v) is 17.6. The van der Waals surface area contributed by atoms with E-state index < -0.39 is 0 Å². The molecule has 0 fully saturated rings. The van der Waals surface area contributed by atoms with Crippen molar-refractivity contribution in [2.75, 3.05) is 19.7 Å². The van der Waals surface area contributed by atoms with Gasteiger partial charge in [0.2, 0.25) is 0 Å². The van der Waals surface area contributed by atoms with Crippen LogP contribution in [0.2, 0.25) is 5.02 Å². The number of rotatable bonds is 8. The molecule has 6 heteroatoms. The first-order valence-electron chi connectivity index (χ1n) is 9.31. The fourth-order valence-electron chi connectivity index (χ4n) is 3.10. The Labute approximate surface area is 179 Å². The zero-order chi connectivity index (χ0) is 20.1. The molecule has 0 aliphatic carbocycles. The predicted octanol–water partition coefficient (Wildman–Crippen LogP) is 6.00. The highest BCUT2D eigenvalue weighted by Gasteiger charge is 2.14. The number of thioether (sulfide) groups is 1. The molecule has 4 rings (SSSR count). The minimum absolute atomic E-state index is 0.226. The van der Waals surface area contributed by atoms with Gasteiger partial charge in [0.05, 0.1) is 11.0 Å². The summed E-state index contributed by atoms with van der Waals surface area (Å²) in [4.78, 5) is 4.85. The van der Waals surface area contributed by atoms with E-state index in [9.17, 15) is 0 Å². The Bertz CT molecular complexity index is 1080. The van der Waals surface area contributed by atoms with E-state index in [2.05, 4.69) is 28.8 Å². The highest BCUT2D eigenvalue weighted by Crippen LogP contribution is 2.30. The van der Waals surface area contributed by atoms with Crippen molar-refractivity contribution >= 4 is 34.4 Å². The van der Waals surface area contributed by atoms with Gasteiger partial charge in [0.15, 0.2) is 11.9 Å². The molecule has 0 aliphatic heterocycles. The van der Waals surface area contributed by atoms with Crippen molar-refractivity contribution in [3.8, 4) is 11.4 Å². The van der Waals surface area contributed by atoms with E-state index >= 15 is 0 Å². The van der Waals surface area contributed by atoms with Crippen LogP contribution in [0.5, 0.6) is 5.75 Å². The third kappa shape index (κ3) is 4.75. The lowest BCUT2D eigenvalue weighted by atomic mass is 10.2. The van der Waals surface area contributed by atoms with Gasteiger partial charge in [0.1, 0.15) is 5.75 Å². The van der Waals surface area contributed by atoms with Gasteiger partial charge >= 0.3 is 0 Å². The molecular weight excluding hydrogens is 404 g/mol. The van der Waals surface area contributed by atoms with Gasteiger partial charge in [-0.3, -0.25) is 4.57 Å². The van der Waals surface area contributed by atoms with Gasteiger partial charge in [-0.1, -0.05) is 53.7 Å². The fraction of sp³-hybridized carbons (Fsp3) is 0.174. The Balaban J connectivity index is 1.63. The molecule has 148 valence electrons. The Morgan fingerprint density at radius 3 is 2.55 bits per heavy atom. The number of benzene rings is 3. The van der Waals surface area contributed by atoms with Crippen LogP contribution in [0.25, 0.3) is 16.7 Å². The molecule has 29 heavy (non-hydrogen) atoms. The Morgan fingerprint density at radius 2 is 1.79 bits per heavy atom. The molecule has 1 heterocycles. The second-order valence-corrected chi connectivity index (χ2v) is 7.99. The number of methoxy groups -OCH3 is 1. The summed E-state index contributed by atoms with van der Waals surface area (Å²) in [5, 5.41) is 1.64. The second-order valence-electron chi connectivity index (χ2n) is 6.49. The quantitative estimate of drug-likeness (QED) is 0.257. The number of ether oxygens (including phenoxy) is 2. The molecule has 0 N–H and O–H groups in total. The molecule has 1 aromatic heterocycles. The van der Waals surface area contributed by atoms with Crippen LogP contribution in [-0.4, -0.2) is 29.2 Å². The maximum absolute atomic E-state index is 6.27. The molecule has 0 unspecified atom stereocenters. The van der Waals surface area contributed by atoms with Crippen molar-refractivity contribution in [1.29, 1.82) is 0 Å². The lowest BCUT2D eigenvalue weighted by molar-refractivity contribution is 0.0511. The first kappa shape index (κ1) is 19.8. The first-order valence-corrected chi connectivity index (χ1v) is 10.7. The van der Waals surface area contributed by atoms with Gasteiger partial charge in [-0.15, -0.1) is 0 Å². The monoisotopic (exact) mass is 424 g/mol. The van der Waals surface area contributed by atoms with Crippen molar-refractivity contribution in [3.63, 3.8) is 0 Å². The van der Waals surface area contributed by atoms with Crippen LogP contribution in [0.1, 0.15) is 5.56 Å². The number of imidazole rings is 1. The third-order valence-corrected chi connectivity index (χ3v) is 5.66. The van der Waals surface area contributed by atoms with Crippen molar-refractivity contribution in [2.24, 2.45) is 0 Å². The minimum Gasteiger partial charge on any atom is -0.468 e. The molecule has 0 saturated carbocycles. The van der Waals surface area contributed by atoms with Gasteiger partial charge in [0, 0.05) is 23.6 Å². The summed E-state index contributed by atoms with van der Waals surface area (Å²) >= 11 is 8.02. The normalized spacial score (nSPS) is 11.1. The van der Waals surface area contributed by atoms with E-state index in [1.807, 2.05) is 48.5 Å². The Morgan fingerprint density at radius 1 is 1.00 bits per heavy atom. The SMILES string of the molecule is COCOc1ccc(-n2c(SCCc3ccccc3)nc3ccc(Cl)cc32)cc1. The summed E-state index contributed by atoms with van der Waals surface area (Å²) in [7, 11) is 1.61. The van der Waals surface area contributed by atoms with Crippen LogP contribution < -0.4 is 4.74 Å².